The Labute approximate surface area is 129 Å². The molecule has 0 spiro atoms. The maximum atomic E-state index is 10.5. The van der Waals surface area contributed by atoms with Crippen molar-refractivity contribution in [2.45, 2.75) is 64.5 Å². The van der Waals surface area contributed by atoms with Crippen LogP contribution in [0.2, 0.25) is 0 Å². The van der Waals surface area contributed by atoms with Crippen molar-refractivity contribution < 1.29 is 5.11 Å². The van der Waals surface area contributed by atoms with Gasteiger partial charge in [-0.15, -0.1) is 0 Å². The molecule has 1 saturated heterocycles. The quantitative estimate of drug-likeness (QED) is 0.905. The number of fused-ring (bicyclic) bond motifs is 1. The predicted octanol–water partition coefficient (Wildman–Crippen LogP) is 3.99. The van der Waals surface area contributed by atoms with Gasteiger partial charge < -0.3 is 5.11 Å². The summed E-state index contributed by atoms with van der Waals surface area (Å²) in [5, 5.41) is 10.5. The third-order valence-electron chi connectivity index (χ3n) is 5.44. The molecule has 0 radical (unpaired) electrons. The number of likely N-dealkylation sites (tertiary alicyclic amines) is 1. The van der Waals surface area contributed by atoms with Crippen LogP contribution in [0.4, 0.5) is 0 Å². The molecule has 1 N–H and O–H groups in total. The monoisotopic (exact) mass is 287 g/mol. The fourth-order valence-corrected chi connectivity index (χ4v) is 4.44. The van der Waals surface area contributed by atoms with Gasteiger partial charge in [0.05, 0.1) is 6.10 Å². The predicted molar refractivity (Wildman–Crippen MR) is 87.4 cm³/mol. The number of hydrogen-bond acceptors (Lipinski definition) is 2. The van der Waals surface area contributed by atoms with Crippen LogP contribution in [0.3, 0.4) is 0 Å². The van der Waals surface area contributed by atoms with Gasteiger partial charge in [-0.25, -0.2) is 0 Å². The number of aliphatic hydroxyl groups excluding tert-OH is 1. The van der Waals surface area contributed by atoms with E-state index in [1.54, 1.807) is 0 Å². The van der Waals surface area contributed by atoms with Crippen molar-refractivity contribution in [2.75, 3.05) is 13.1 Å². The van der Waals surface area contributed by atoms with Gasteiger partial charge in [0.15, 0.2) is 0 Å². The van der Waals surface area contributed by atoms with E-state index in [4.69, 9.17) is 0 Å². The zero-order chi connectivity index (χ0) is 14.8. The van der Waals surface area contributed by atoms with Crippen LogP contribution in [0.25, 0.3) is 0 Å². The molecule has 1 heterocycles. The van der Waals surface area contributed by atoms with Crippen molar-refractivity contribution >= 4 is 0 Å². The minimum Gasteiger partial charge on any atom is -0.388 e. The van der Waals surface area contributed by atoms with Crippen molar-refractivity contribution in [1.29, 1.82) is 0 Å². The molecule has 0 amide bonds. The molecular formula is C19H29NO. The third kappa shape index (κ3) is 3.49. The molecule has 1 saturated carbocycles. The van der Waals surface area contributed by atoms with Crippen LogP contribution in [-0.2, 0) is 0 Å². The van der Waals surface area contributed by atoms with Crippen LogP contribution >= 0.6 is 0 Å². The second-order valence-electron chi connectivity index (χ2n) is 7.16. The summed E-state index contributed by atoms with van der Waals surface area (Å²) in [5.74, 6) is 0.942. The minimum absolute atomic E-state index is 0.314. The van der Waals surface area contributed by atoms with Gasteiger partial charge in [0.2, 0.25) is 0 Å². The highest BCUT2D eigenvalue weighted by Crippen LogP contribution is 2.36. The molecule has 2 aliphatic rings. The molecule has 1 aliphatic heterocycles. The van der Waals surface area contributed by atoms with E-state index in [1.165, 1.54) is 49.8 Å². The summed E-state index contributed by atoms with van der Waals surface area (Å²) in [7, 11) is 0. The fraction of sp³-hybridized carbons (Fsp3) is 0.684. The lowest BCUT2D eigenvalue weighted by Gasteiger charge is -2.32. The van der Waals surface area contributed by atoms with Crippen molar-refractivity contribution in [3.05, 3.63) is 34.9 Å². The topological polar surface area (TPSA) is 23.5 Å². The maximum absolute atomic E-state index is 10.5. The summed E-state index contributed by atoms with van der Waals surface area (Å²) in [6.45, 7) is 6.51. The van der Waals surface area contributed by atoms with E-state index in [0.717, 1.165) is 30.5 Å². The van der Waals surface area contributed by atoms with Crippen molar-refractivity contribution in [2.24, 2.45) is 5.92 Å². The van der Waals surface area contributed by atoms with E-state index < -0.39 is 0 Å². The van der Waals surface area contributed by atoms with Crippen LogP contribution in [0, 0.1) is 19.8 Å². The summed E-state index contributed by atoms with van der Waals surface area (Å²) in [6, 6.07) is 7.24. The lowest BCUT2D eigenvalue weighted by atomic mass is 9.85. The highest BCUT2D eigenvalue weighted by molar-refractivity contribution is 5.29. The molecule has 0 bridgehead atoms. The summed E-state index contributed by atoms with van der Waals surface area (Å²) >= 11 is 0. The Balaban J connectivity index is 1.57. The van der Waals surface area contributed by atoms with Crippen molar-refractivity contribution in [3.63, 3.8) is 0 Å². The first-order chi connectivity index (χ1) is 10.1. The van der Waals surface area contributed by atoms with Crippen LogP contribution in [0.5, 0.6) is 0 Å². The lowest BCUT2D eigenvalue weighted by molar-refractivity contribution is 0.123. The Morgan fingerprint density at radius 1 is 1.10 bits per heavy atom. The van der Waals surface area contributed by atoms with Gasteiger partial charge in [-0.05, 0) is 57.6 Å². The van der Waals surface area contributed by atoms with Crippen molar-refractivity contribution in [3.8, 4) is 0 Å². The summed E-state index contributed by atoms with van der Waals surface area (Å²) in [4.78, 5) is 2.65. The SMILES string of the molecule is Cc1cc(C)cc(C(O)CCN2CCC3CCCCC32)c1. The highest BCUT2D eigenvalue weighted by atomic mass is 16.3. The average molecular weight is 287 g/mol. The van der Waals surface area contributed by atoms with E-state index >= 15 is 0 Å². The number of rotatable bonds is 4. The maximum Gasteiger partial charge on any atom is 0.0802 e. The largest absolute Gasteiger partial charge is 0.388 e. The molecule has 116 valence electrons. The molecule has 2 fully saturated rings. The zero-order valence-electron chi connectivity index (χ0n) is 13.5. The standard InChI is InChI=1S/C19H29NO/c1-14-11-15(2)13-17(12-14)19(21)8-10-20-9-7-16-5-3-4-6-18(16)20/h11-13,16,18-19,21H,3-10H2,1-2H3. The van der Waals surface area contributed by atoms with Crippen LogP contribution < -0.4 is 0 Å². The molecule has 3 atom stereocenters. The third-order valence-corrected chi connectivity index (χ3v) is 5.44. The number of benzene rings is 1. The minimum atomic E-state index is -0.314. The van der Waals surface area contributed by atoms with E-state index in [1.807, 2.05) is 0 Å². The van der Waals surface area contributed by atoms with Gasteiger partial charge >= 0.3 is 0 Å². The van der Waals surface area contributed by atoms with Gasteiger partial charge in [0.1, 0.15) is 0 Å². The van der Waals surface area contributed by atoms with E-state index in [2.05, 4.69) is 36.9 Å². The average Bonchev–Trinajstić information content (AvgIpc) is 2.87. The molecule has 1 aromatic carbocycles. The summed E-state index contributed by atoms with van der Waals surface area (Å²) in [5.41, 5.74) is 3.59. The molecule has 2 nitrogen and oxygen atoms in total. The zero-order valence-corrected chi connectivity index (χ0v) is 13.5. The fourth-order valence-electron chi connectivity index (χ4n) is 4.44. The van der Waals surface area contributed by atoms with E-state index in [9.17, 15) is 5.11 Å². The number of aryl methyl sites for hydroxylation is 2. The van der Waals surface area contributed by atoms with Gasteiger partial charge in [-0.3, -0.25) is 4.90 Å². The van der Waals surface area contributed by atoms with Gasteiger partial charge in [0, 0.05) is 12.6 Å². The van der Waals surface area contributed by atoms with Crippen molar-refractivity contribution in [1.82, 2.24) is 4.90 Å². The Kier molecular flexibility index (Phi) is 4.66. The second-order valence-corrected chi connectivity index (χ2v) is 7.16. The number of nitrogens with zero attached hydrogens (tertiary/aromatic N) is 1. The van der Waals surface area contributed by atoms with E-state index in [0.29, 0.717) is 0 Å². The summed E-state index contributed by atoms with van der Waals surface area (Å²) < 4.78 is 0. The highest BCUT2D eigenvalue weighted by Gasteiger charge is 2.35. The molecule has 3 rings (SSSR count). The number of aliphatic hydroxyl groups is 1. The van der Waals surface area contributed by atoms with Gasteiger partial charge in [-0.1, -0.05) is 42.2 Å². The van der Waals surface area contributed by atoms with Crippen LogP contribution in [-0.4, -0.2) is 29.1 Å². The molecular weight excluding hydrogens is 258 g/mol. The first-order valence-electron chi connectivity index (χ1n) is 8.64. The molecule has 3 unspecified atom stereocenters. The summed E-state index contributed by atoms with van der Waals surface area (Å²) in [6.07, 6.45) is 7.57. The van der Waals surface area contributed by atoms with E-state index in [-0.39, 0.29) is 6.10 Å². The normalized spacial score (nSPS) is 27.6. The van der Waals surface area contributed by atoms with Crippen LogP contribution in [0.1, 0.15) is 61.3 Å². The Hall–Kier alpha value is -0.860. The molecule has 1 aromatic rings. The molecule has 21 heavy (non-hydrogen) atoms. The Morgan fingerprint density at radius 2 is 1.81 bits per heavy atom. The van der Waals surface area contributed by atoms with Gasteiger partial charge in [0.25, 0.3) is 0 Å². The first kappa shape index (κ1) is 15.1. The lowest BCUT2D eigenvalue weighted by Crippen LogP contribution is -2.35. The molecule has 1 aliphatic carbocycles. The first-order valence-corrected chi connectivity index (χ1v) is 8.64. The smallest absolute Gasteiger partial charge is 0.0802 e. The van der Waals surface area contributed by atoms with Gasteiger partial charge in [-0.2, -0.15) is 0 Å². The molecule has 0 aromatic heterocycles. The van der Waals surface area contributed by atoms with Crippen LogP contribution in [0.15, 0.2) is 18.2 Å². The molecule has 2 heteroatoms. The number of hydrogen-bond donors (Lipinski definition) is 1. The Morgan fingerprint density at radius 3 is 2.57 bits per heavy atom. The Bertz CT molecular complexity index is 464. The second kappa shape index (κ2) is 6.50.